The fourth-order valence-electron chi connectivity index (χ4n) is 1.86. The largest absolute Gasteiger partial charge is 0.397 e. The summed E-state index contributed by atoms with van der Waals surface area (Å²) in [6.45, 7) is 0. The van der Waals surface area contributed by atoms with Gasteiger partial charge in [-0.25, -0.2) is 0 Å². The molecule has 2 aromatic rings. The van der Waals surface area contributed by atoms with Gasteiger partial charge in [0, 0.05) is 15.6 Å². The third-order valence-corrected chi connectivity index (χ3v) is 3.49. The van der Waals surface area contributed by atoms with E-state index in [9.17, 15) is 4.79 Å². The van der Waals surface area contributed by atoms with Crippen molar-refractivity contribution in [2.75, 3.05) is 11.1 Å². The first-order valence-corrected chi connectivity index (χ1v) is 6.60. The number of carbonyl (C=O) groups is 1. The smallest absolute Gasteiger partial charge is 0.244 e. The molecule has 0 spiro atoms. The van der Waals surface area contributed by atoms with Crippen LogP contribution in [0.1, 0.15) is 11.6 Å². The molecule has 0 radical (unpaired) electrons. The molecule has 2 aromatic carbocycles. The first-order valence-electron chi connectivity index (χ1n) is 5.85. The summed E-state index contributed by atoms with van der Waals surface area (Å²) in [5.41, 5.74) is 12.8. The minimum Gasteiger partial charge on any atom is -0.397 e. The summed E-state index contributed by atoms with van der Waals surface area (Å²) in [6.07, 6.45) is 0. The molecule has 2 rings (SSSR count). The van der Waals surface area contributed by atoms with Crippen molar-refractivity contribution in [2.45, 2.75) is 6.04 Å². The molecule has 0 aliphatic rings. The van der Waals surface area contributed by atoms with Gasteiger partial charge in [0.25, 0.3) is 0 Å². The molecule has 1 unspecified atom stereocenters. The van der Waals surface area contributed by atoms with Gasteiger partial charge in [0.2, 0.25) is 5.91 Å². The van der Waals surface area contributed by atoms with Crippen LogP contribution in [0.4, 0.5) is 11.4 Å². The summed E-state index contributed by atoms with van der Waals surface area (Å²) in [7, 11) is 0. The SMILES string of the molecule is NC(=O)C(Nc1ccccc1N)c1c(Cl)cccc1Cl. The van der Waals surface area contributed by atoms with Crippen molar-refractivity contribution in [3.8, 4) is 0 Å². The molecular formula is C14H13Cl2N3O. The number of benzene rings is 2. The molecule has 1 amide bonds. The highest BCUT2D eigenvalue weighted by Crippen LogP contribution is 2.33. The number of halogens is 2. The van der Waals surface area contributed by atoms with Crippen LogP contribution in [-0.2, 0) is 4.79 Å². The molecular weight excluding hydrogens is 297 g/mol. The van der Waals surface area contributed by atoms with Crippen LogP contribution in [0.2, 0.25) is 10.0 Å². The molecule has 1 atom stereocenters. The maximum absolute atomic E-state index is 11.7. The highest BCUT2D eigenvalue weighted by Gasteiger charge is 2.23. The monoisotopic (exact) mass is 309 g/mol. The fraction of sp³-hybridized carbons (Fsp3) is 0.0714. The second-order valence-corrected chi connectivity index (χ2v) is 5.02. The van der Waals surface area contributed by atoms with Gasteiger partial charge in [-0.3, -0.25) is 4.79 Å². The van der Waals surface area contributed by atoms with Gasteiger partial charge in [-0.2, -0.15) is 0 Å². The van der Waals surface area contributed by atoms with Crippen LogP contribution in [0, 0.1) is 0 Å². The second kappa shape index (κ2) is 6.03. The predicted octanol–water partition coefficient (Wildman–Crippen LogP) is 3.21. The number of anilines is 2. The lowest BCUT2D eigenvalue weighted by molar-refractivity contribution is -0.118. The standard InChI is InChI=1S/C14H13Cl2N3O/c15-8-4-3-5-9(16)12(8)13(14(18)20)19-11-7-2-1-6-10(11)17/h1-7,13,19H,17H2,(H2,18,20). The van der Waals surface area contributed by atoms with Crippen molar-refractivity contribution in [3.05, 3.63) is 58.1 Å². The highest BCUT2D eigenvalue weighted by molar-refractivity contribution is 6.36. The van der Waals surface area contributed by atoms with E-state index in [1.807, 2.05) is 0 Å². The minimum absolute atomic E-state index is 0.364. The van der Waals surface area contributed by atoms with Crippen molar-refractivity contribution in [1.29, 1.82) is 0 Å². The highest BCUT2D eigenvalue weighted by atomic mass is 35.5. The fourth-order valence-corrected chi connectivity index (χ4v) is 2.47. The van der Waals surface area contributed by atoms with E-state index in [0.717, 1.165) is 0 Å². The van der Waals surface area contributed by atoms with E-state index in [2.05, 4.69) is 5.32 Å². The van der Waals surface area contributed by atoms with Gasteiger partial charge in [0.15, 0.2) is 0 Å². The zero-order chi connectivity index (χ0) is 14.7. The average molecular weight is 310 g/mol. The van der Waals surface area contributed by atoms with Crippen LogP contribution in [0.3, 0.4) is 0 Å². The number of primary amides is 1. The number of hydrogen-bond donors (Lipinski definition) is 3. The molecule has 0 saturated carbocycles. The Labute approximate surface area is 126 Å². The molecule has 0 bridgehead atoms. The van der Waals surface area contributed by atoms with Crippen LogP contribution in [0.25, 0.3) is 0 Å². The van der Waals surface area contributed by atoms with E-state index < -0.39 is 11.9 Å². The Morgan fingerprint density at radius 3 is 2.20 bits per heavy atom. The van der Waals surface area contributed by atoms with Crippen molar-refractivity contribution in [2.24, 2.45) is 5.73 Å². The number of nitrogen functional groups attached to an aromatic ring is 1. The molecule has 4 nitrogen and oxygen atoms in total. The van der Waals surface area contributed by atoms with Gasteiger partial charge in [-0.1, -0.05) is 41.4 Å². The summed E-state index contributed by atoms with van der Waals surface area (Å²) in [6, 6.07) is 11.2. The van der Waals surface area contributed by atoms with Crippen LogP contribution < -0.4 is 16.8 Å². The first kappa shape index (κ1) is 14.5. The van der Waals surface area contributed by atoms with Crippen molar-refractivity contribution in [1.82, 2.24) is 0 Å². The van der Waals surface area contributed by atoms with Gasteiger partial charge in [0.05, 0.1) is 11.4 Å². The zero-order valence-electron chi connectivity index (χ0n) is 10.4. The van der Waals surface area contributed by atoms with Crippen molar-refractivity contribution < 1.29 is 4.79 Å². The van der Waals surface area contributed by atoms with E-state index in [-0.39, 0.29) is 0 Å². The van der Waals surface area contributed by atoms with Crippen molar-refractivity contribution >= 4 is 40.5 Å². The molecule has 0 aliphatic carbocycles. The molecule has 20 heavy (non-hydrogen) atoms. The molecule has 0 aromatic heterocycles. The summed E-state index contributed by atoms with van der Waals surface area (Å²) in [5.74, 6) is -0.594. The van der Waals surface area contributed by atoms with E-state index in [4.69, 9.17) is 34.7 Å². The molecule has 0 saturated heterocycles. The van der Waals surface area contributed by atoms with Gasteiger partial charge < -0.3 is 16.8 Å². The molecule has 0 fully saturated rings. The molecule has 0 aliphatic heterocycles. The van der Waals surface area contributed by atoms with E-state index in [1.54, 1.807) is 42.5 Å². The van der Waals surface area contributed by atoms with Crippen molar-refractivity contribution in [3.63, 3.8) is 0 Å². The number of rotatable bonds is 4. The number of para-hydroxylation sites is 2. The quantitative estimate of drug-likeness (QED) is 0.758. The Kier molecular flexibility index (Phi) is 4.37. The maximum Gasteiger partial charge on any atom is 0.244 e. The van der Waals surface area contributed by atoms with Gasteiger partial charge >= 0.3 is 0 Å². The summed E-state index contributed by atoms with van der Waals surface area (Å²) >= 11 is 12.2. The topological polar surface area (TPSA) is 81.1 Å². The zero-order valence-corrected chi connectivity index (χ0v) is 11.9. The number of hydrogen-bond acceptors (Lipinski definition) is 3. The molecule has 6 heteroatoms. The van der Waals surface area contributed by atoms with E-state index in [1.165, 1.54) is 0 Å². The number of carbonyl (C=O) groups excluding carboxylic acids is 1. The number of nitrogens with two attached hydrogens (primary N) is 2. The Morgan fingerprint density at radius 2 is 1.65 bits per heavy atom. The van der Waals surface area contributed by atoms with Crippen LogP contribution in [0.5, 0.6) is 0 Å². The Morgan fingerprint density at radius 1 is 1.05 bits per heavy atom. The van der Waals surface area contributed by atoms with Crippen LogP contribution >= 0.6 is 23.2 Å². The Hall–Kier alpha value is -1.91. The van der Waals surface area contributed by atoms with Gasteiger partial charge in [-0.15, -0.1) is 0 Å². The second-order valence-electron chi connectivity index (χ2n) is 4.20. The lowest BCUT2D eigenvalue weighted by Gasteiger charge is -2.20. The first-order chi connectivity index (χ1) is 9.50. The van der Waals surface area contributed by atoms with Crippen LogP contribution in [0.15, 0.2) is 42.5 Å². The minimum atomic E-state index is -0.860. The third-order valence-electron chi connectivity index (χ3n) is 2.83. The summed E-state index contributed by atoms with van der Waals surface area (Å²) in [5, 5.41) is 3.70. The van der Waals surface area contributed by atoms with Crippen LogP contribution in [-0.4, -0.2) is 5.91 Å². The number of nitrogens with one attached hydrogen (secondary N) is 1. The predicted molar refractivity (Wildman–Crippen MR) is 82.9 cm³/mol. The Bertz CT molecular complexity index is 626. The summed E-state index contributed by atoms with van der Waals surface area (Å²) in [4.78, 5) is 11.7. The van der Waals surface area contributed by atoms with Gasteiger partial charge in [-0.05, 0) is 24.3 Å². The Balaban J connectivity index is 2.43. The van der Waals surface area contributed by atoms with Gasteiger partial charge in [0.1, 0.15) is 6.04 Å². The van der Waals surface area contributed by atoms with E-state index in [0.29, 0.717) is 27.0 Å². The normalized spacial score (nSPS) is 11.9. The summed E-state index contributed by atoms with van der Waals surface area (Å²) < 4.78 is 0. The third kappa shape index (κ3) is 2.98. The average Bonchev–Trinajstić information content (AvgIpc) is 2.39. The maximum atomic E-state index is 11.7. The lowest BCUT2D eigenvalue weighted by Crippen LogP contribution is -2.28. The molecule has 0 heterocycles. The number of amides is 1. The lowest BCUT2D eigenvalue weighted by atomic mass is 10.1. The van der Waals surface area contributed by atoms with E-state index >= 15 is 0 Å². The molecule has 104 valence electrons. The molecule has 5 N–H and O–H groups in total.